The molecule has 0 radical (unpaired) electrons. The lowest BCUT2D eigenvalue weighted by Crippen LogP contribution is -2.18. The van der Waals surface area contributed by atoms with Gasteiger partial charge in [0, 0.05) is 34.6 Å². The molecule has 0 aromatic heterocycles. The summed E-state index contributed by atoms with van der Waals surface area (Å²) in [5, 5.41) is 2.78. The molecule has 1 N–H and O–H groups in total. The second-order valence-corrected chi connectivity index (χ2v) is 6.56. The summed E-state index contributed by atoms with van der Waals surface area (Å²) in [5.41, 5.74) is 2.70. The second kappa shape index (κ2) is 9.22. The van der Waals surface area contributed by atoms with E-state index in [9.17, 15) is 9.00 Å². The lowest BCUT2D eigenvalue weighted by molar-refractivity contribution is -0.120. The Labute approximate surface area is 139 Å². The zero-order valence-electron chi connectivity index (χ0n) is 13.2. The Morgan fingerprint density at radius 2 is 1.74 bits per heavy atom. The van der Waals surface area contributed by atoms with E-state index in [0.717, 1.165) is 11.1 Å². The minimum Gasteiger partial charge on any atom is -0.372 e. The monoisotopic (exact) mass is 331 g/mol. The van der Waals surface area contributed by atoms with Gasteiger partial charge in [-0.2, -0.15) is 0 Å². The average Bonchev–Trinajstić information content (AvgIpc) is 2.54. The fourth-order valence-electron chi connectivity index (χ4n) is 2.13. The molecule has 2 aromatic carbocycles. The highest BCUT2D eigenvalue weighted by atomic mass is 32.2. The van der Waals surface area contributed by atoms with E-state index < -0.39 is 10.8 Å². The predicted molar refractivity (Wildman–Crippen MR) is 93.6 cm³/mol. The first-order valence-corrected chi connectivity index (χ1v) is 9.01. The largest absolute Gasteiger partial charge is 0.372 e. The highest BCUT2D eigenvalue weighted by molar-refractivity contribution is 7.83. The second-order valence-electron chi connectivity index (χ2n) is 5.10. The maximum Gasteiger partial charge on any atom is 0.250 e. The van der Waals surface area contributed by atoms with Crippen molar-refractivity contribution in [2.75, 3.05) is 18.5 Å². The van der Waals surface area contributed by atoms with Gasteiger partial charge in [0.2, 0.25) is 5.91 Å². The molecule has 23 heavy (non-hydrogen) atoms. The molecule has 0 saturated carbocycles. The van der Waals surface area contributed by atoms with Crippen LogP contribution in [0, 0.1) is 0 Å². The zero-order valence-corrected chi connectivity index (χ0v) is 14.0. The summed E-state index contributed by atoms with van der Waals surface area (Å²) in [6.07, 6.45) is 0. The maximum atomic E-state index is 12.3. The third kappa shape index (κ3) is 6.34. The van der Waals surface area contributed by atoms with Crippen LogP contribution in [-0.2, 0) is 31.8 Å². The Hall–Kier alpha value is -1.98. The zero-order chi connectivity index (χ0) is 16.5. The number of benzene rings is 2. The number of hydrogen-bond acceptors (Lipinski definition) is 3. The van der Waals surface area contributed by atoms with Crippen LogP contribution in [-0.4, -0.2) is 23.3 Å². The molecule has 2 aromatic rings. The number of nitrogens with one attached hydrogen (secondary N) is 1. The van der Waals surface area contributed by atoms with Gasteiger partial charge in [-0.05, 0) is 30.2 Å². The summed E-state index contributed by atoms with van der Waals surface area (Å²) in [6.45, 7) is 2.39. The maximum absolute atomic E-state index is 12.3. The first-order valence-electron chi connectivity index (χ1n) is 7.53. The summed E-state index contributed by atoms with van der Waals surface area (Å²) in [7, 11) is -0.985. The molecule has 2 rings (SSSR count). The van der Waals surface area contributed by atoms with E-state index in [-0.39, 0.29) is 12.5 Å². The van der Waals surface area contributed by atoms with Gasteiger partial charge in [-0.3, -0.25) is 9.00 Å². The quantitative estimate of drug-likeness (QED) is 0.808. The van der Waals surface area contributed by atoms with Gasteiger partial charge in [0.15, 0.2) is 0 Å². The van der Waals surface area contributed by atoms with Crippen LogP contribution >= 0.6 is 0 Å². The van der Waals surface area contributed by atoms with Gasteiger partial charge >= 0.3 is 0 Å². The Bertz CT molecular complexity index is 658. The van der Waals surface area contributed by atoms with Gasteiger partial charge in [-0.1, -0.05) is 42.5 Å². The first-order chi connectivity index (χ1) is 11.2. The smallest absolute Gasteiger partial charge is 0.250 e. The van der Waals surface area contributed by atoms with Crippen LogP contribution in [0.25, 0.3) is 0 Å². The fraction of sp³-hybridized carbons (Fsp3) is 0.278. The molecule has 0 fully saturated rings. The molecule has 0 aliphatic heterocycles. The lowest BCUT2D eigenvalue weighted by Gasteiger charge is -2.08. The first kappa shape index (κ1) is 17.4. The number of carbonyl (C=O) groups is 1. The van der Waals surface area contributed by atoms with E-state index in [0.29, 0.717) is 23.8 Å². The summed E-state index contributed by atoms with van der Waals surface area (Å²) in [4.78, 5) is 11.6. The lowest BCUT2D eigenvalue weighted by atomic mass is 10.2. The van der Waals surface area contributed by atoms with Crippen LogP contribution in [0.2, 0.25) is 0 Å². The molecule has 0 heterocycles. The van der Waals surface area contributed by atoms with E-state index in [4.69, 9.17) is 4.74 Å². The summed E-state index contributed by atoms with van der Waals surface area (Å²) < 4.78 is 17.3. The highest BCUT2D eigenvalue weighted by Crippen LogP contribution is 2.14. The van der Waals surface area contributed by atoms with Crippen molar-refractivity contribution in [2.45, 2.75) is 18.4 Å². The molecule has 0 spiro atoms. The van der Waals surface area contributed by atoms with Crippen molar-refractivity contribution in [2.24, 2.45) is 0 Å². The van der Waals surface area contributed by atoms with Crippen molar-refractivity contribution >= 4 is 22.4 Å². The molecule has 0 aliphatic rings. The van der Waals surface area contributed by atoms with Crippen molar-refractivity contribution in [3.63, 3.8) is 0 Å². The van der Waals surface area contributed by atoms with Crippen molar-refractivity contribution in [3.8, 4) is 0 Å². The van der Waals surface area contributed by atoms with Crippen LogP contribution in [0.3, 0.4) is 0 Å². The number of hydrogen-bond donors (Lipinski definition) is 1. The fourth-order valence-corrected chi connectivity index (χ4v) is 3.35. The van der Waals surface area contributed by atoms with Crippen molar-refractivity contribution in [1.82, 2.24) is 0 Å². The van der Waals surface area contributed by atoms with E-state index in [2.05, 4.69) is 5.32 Å². The minimum absolute atomic E-state index is 0.0423. The Morgan fingerprint density at radius 3 is 2.48 bits per heavy atom. The van der Waals surface area contributed by atoms with Crippen LogP contribution < -0.4 is 5.32 Å². The van der Waals surface area contributed by atoms with Crippen molar-refractivity contribution in [1.29, 1.82) is 0 Å². The number of rotatable bonds is 8. The minimum atomic E-state index is -0.985. The molecule has 1 amide bonds. The van der Waals surface area contributed by atoms with E-state index in [1.54, 1.807) is 0 Å². The van der Waals surface area contributed by atoms with Crippen molar-refractivity contribution in [3.05, 3.63) is 65.7 Å². The molecular weight excluding hydrogens is 310 g/mol. The standard InChI is InChI=1S/C18H21NO3S/c1-2-22-12-18(20)19-17-10-6-9-16(11-17)14-23(21)13-15-7-4-3-5-8-15/h3-11H,2,12-14H2,1H3,(H,19,20)/t23-/m1/s1. The summed E-state index contributed by atoms with van der Waals surface area (Å²) in [6, 6.07) is 17.2. The van der Waals surface area contributed by atoms with Crippen LogP contribution in [0.15, 0.2) is 54.6 Å². The molecule has 122 valence electrons. The third-order valence-electron chi connectivity index (χ3n) is 3.15. The molecule has 5 heteroatoms. The summed E-state index contributed by atoms with van der Waals surface area (Å²) in [5.74, 6) is 0.806. The molecule has 4 nitrogen and oxygen atoms in total. The molecule has 0 bridgehead atoms. The predicted octanol–water partition coefficient (Wildman–Crippen LogP) is 3.11. The van der Waals surface area contributed by atoms with Crippen LogP contribution in [0.1, 0.15) is 18.1 Å². The van der Waals surface area contributed by atoms with E-state index >= 15 is 0 Å². The molecule has 0 aliphatic carbocycles. The van der Waals surface area contributed by atoms with Gasteiger partial charge < -0.3 is 10.1 Å². The Morgan fingerprint density at radius 1 is 1.04 bits per heavy atom. The van der Waals surface area contributed by atoms with Gasteiger partial charge in [0.25, 0.3) is 0 Å². The number of carbonyl (C=O) groups excluding carboxylic acids is 1. The van der Waals surface area contributed by atoms with E-state index in [1.165, 1.54) is 0 Å². The van der Waals surface area contributed by atoms with Gasteiger partial charge in [-0.15, -0.1) is 0 Å². The number of amides is 1. The van der Waals surface area contributed by atoms with E-state index in [1.807, 2.05) is 61.5 Å². The third-order valence-corrected chi connectivity index (χ3v) is 4.46. The Kier molecular flexibility index (Phi) is 6.97. The molecule has 0 unspecified atom stereocenters. The van der Waals surface area contributed by atoms with Crippen LogP contribution in [0.5, 0.6) is 0 Å². The van der Waals surface area contributed by atoms with Crippen molar-refractivity contribution < 1.29 is 13.7 Å². The summed E-state index contributed by atoms with van der Waals surface area (Å²) >= 11 is 0. The van der Waals surface area contributed by atoms with Gasteiger partial charge in [-0.25, -0.2) is 0 Å². The normalized spacial score (nSPS) is 11.9. The number of anilines is 1. The van der Waals surface area contributed by atoms with Gasteiger partial charge in [0.1, 0.15) is 6.61 Å². The van der Waals surface area contributed by atoms with Crippen LogP contribution in [0.4, 0.5) is 5.69 Å². The number of ether oxygens (including phenoxy) is 1. The molecule has 1 atom stereocenters. The highest BCUT2D eigenvalue weighted by Gasteiger charge is 2.06. The van der Waals surface area contributed by atoms with Gasteiger partial charge in [0.05, 0.1) is 0 Å². The molecular formula is C18H21NO3S. The molecule has 0 saturated heterocycles. The average molecular weight is 331 g/mol. The Balaban J connectivity index is 1.91. The topological polar surface area (TPSA) is 55.4 Å². The SMILES string of the molecule is CCOCC(=O)Nc1cccc(C[S@](=O)Cc2ccccc2)c1.